The second-order valence-corrected chi connectivity index (χ2v) is 6.06. The zero-order chi connectivity index (χ0) is 14.4. The molecular weight excluding hydrogens is 268 g/mol. The lowest BCUT2D eigenvalue weighted by Gasteiger charge is -2.13. The van der Waals surface area contributed by atoms with E-state index in [1.165, 1.54) is 0 Å². The van der Waals surface area contributed by atoms with E-state index in [-0.39, 0.29) is 0 Å². The van der Waals surface area contributed by atoms with Gasteiger partial charge in [0.1, 0.15) is 11.3 Å². The van der Waals surface area contributed by atoms with E-state index in [9.17, 15) is 9.90 Å². The number of carbonyl (C=O) groups is 1. The fourth-order valence-electron chi connectivity index (χ4n) is 3.17. The third-order valence-corrected chi connectivity index (χ3v) is 4.45. The molecule has 0 amide bonds. The zero-order valence-electron chi connectivity index (χ0n) is 11.8. The third-order valence-electron chi connectivity index (χ3n) is 4.45. The molecule has 5 nitrogen and oxygen atoms in total. The number of imidazole rings is 1. The highest BCUT2D eigenvalue weighted by Crippen LogP contribution is 2.41. The van der Waals surface area contributed by atoms with Gasteiger partial charge >= 0.3 is 5.97 Å². The minimum atomic E-state index is -0.906. The molecule has 1 aromatic heterocycles. The van der Waals surface area contributed by atoms with Gasteiger partial charge in [0.05, 0.1) is 17.7 Å². The Balaban J connectivity index is 1.83. The van der Waals surface area contributed by atoms with E-state index in [1.54, 1.807) is 6.07 Å². The highest BCUT2D eigenvalue weighted by Gasteiger charge is 2.31. The summed E-state index contributed by atoms with van der Waals surface area (Å²) in [6.45, 7) is 2.50. The molecule has 1 aliphatic carbocycles. The molecule has 21 heavy (non-hydrogen) atoms. The summed E-state index contributed by atoms with van der Waals surface area (Å²) < 4.78 is 7.70. The maximum Gasteiger partial charge on any atom is 0.337 e. The van der Waals surface area contributed by atoms with E-state index in [0.717, 1.165) is 50.4 Å². The normalized spacial score (nSPS) is 22.0. The molecule has 2 aromatic rings. The molecule has 1 saturated carbocycles. The lowest BCUT2D eigenvalue weighted by Crippen LogP contribution is -2.13. The zero-order valence-corrected chi connectivity index (χ0v) is 11.8. The van der Waals surface area contributed by atoms with Gasteiger partial charge in [0, 0.05) is 25.0 Å². The number of fused-ring (bicyclic) bond motifs is 1. The maximum absolute atomic E-state index is 11.4. The van der Waals surface area contributed by atoms with Gasteiger partial charge in [0.2, 0.25) is 0 Å². The molecule has 1 atom stereocenters. The third kappa shape index (κ3) is 2.21. The molecule has 1 unspecified atom stereocenters. The highest BCUT2D eigenvalue weighted by atomic mass is 16.5. The lowest BCUT2D eigenvalue weighted by molar-refractivity contribution is 0.0699. The Morgan fingerprint density at radius 1 is 1.38 bits per heavy atom. The summed E-state index contributed by atoms with van der Waals surface area (Å²) in [5.74, 6) is 1.16. The monoisotopic (exact) mass is 286 g/mol. The SMILES string of the molecule is O=C(O)c1cccc2c1nc(C1CC1)n2CC1CCOC1. The van der Waals surface area contributed by atoms with Crippen LogP contribution in [-0.2, 0) is 11.3 Å². The second kappa shape index (κ2) is 4.84. The van der Waals surface area contributed by atoms with E-state index in [0.29, 0.717) is 22.9 Å². The van der Waals surface area contributed by atoms with E-state index in [4.69, 9.17) is 4.74 Å². The van der Waals surface area contributed by atoms with Crippen LogP contribution in [-0.4, -0.2) is 33.8 Å². The Hall–Kier alpha value is -1.88. The van der Waals surface area contributed by atoms with Gasteiger partial charge in [-0.1, -0.05) is 6.07 Å². The van der Waals surface area contributed by atoms with Crippen molar-refractivity contribution in [3.63, 3.8) is 0 Å². The molecule has 5 heteroatoms. The summed E-state index contributed by atoms with van der Waals surface area (Å²) in [5.41, 5.74) is 1.88. The van der Waals surface area contributed by atoms with E-state index >= 15 is 0 Å². The quantitative estimate of drug-likeness (QED) is 0.938. The average molecular weight is 286 g/mol. The molecule has 0 bridgehead atoms. The summed E-state index contributed by atoms with van der Waals surface area (Å²) in [6.07, 6.45) is 3.39. The topological polar surface area (TPSA) is 64.3 Å². The minimum Gasteiger partial charge on any atom is -0.478 e. The summed E-state index contributed by atoms with van der Waals surface area (Å²) in [7, 11) is 0. The number of nitrogens with zero attached hydrogens (tertiary/aromatic N) is 2. The number of aromatic nitrogens is 2. The van der Waals surface area contributed by atoms with Gasteiger partial charge in [0.25, 0.3) is 0 Å². The fraction of sp³-hybridized carbons (Fsp3) is 0.500. The Labute approximate surface area is 122 Å². The van der Waals surface area contributed by atoms with Crippen LogP contribution in [0.4, 0.5) is 0 Å². The average Bonchev–Trinajstić information content (AvgIpc) is 3.07. The molecule has 4 rings (SSSR count). The predicted octanol–water partition coefficient (Wildman–Crippen LogP) is 2.65. The molecule has 1 saturated heterocycles. The lowest BCUT2D eigenvalue weighted by atomic mass is 10.1. The smallest absolute Gasteiger partial charge is 0.337 e. The van der Waals surface area contributed by atoms with E-state index < -0.39 is 5.97 Å². The summed E-state index contributed by atoms with van der Waals surface area (Å²) in [6, 6.07) is 5.43. The highest BCUT2D eigenvalue weighted by molar-refractivity contribution is 6.01. The molecule has 2 heterocycles. The largest absolute Gasteiger partial charge is 0.478 e. The number of carboxylic acid groups (broad SMARTS) is 1. The summed E-state index contributed by atoms with van der Waals surface area (Å²) in [4.78, 5) is 16.1. The molecule has 2 aliphatic rings. The van der Waals surface area contributed by atoms with Crippen LogP contribution in [0.25, 0.3) is 11.0 Å². The molecule has 0 radical (unpaired) electrons. The van der Waals surface area contributed by atoms with Gasteiger partial charge in [-0.05, 0) is 31.4 Å². The molecule has 2 fully saturated rings. The van der Waals surface area contributed by atoms with Gasteiger partial charge < -0.3 is 14.4 Å². The number of hydrogen-bond donors (Lipinski definition) is 1. The number of aromatic carboxylic acids is 1. The molecular formula is C16H18N2O3. The maximum atomic E-state index is 11.4. The number of para-hydroxylation sites is 1. The molecule has 1 aromatic carbocycles. The van der Waals surface area contributed by atoms with Gasteiger partial charge in [-0.2, -0.15) is 0 Å². The van der Waals surface area contributed by atoms with E-state index in [2.05, 4.69) is 9.55 Å². The summed E-state index contributed by atoms with van der Waals surface area (Å²) >= 11 is 0. The summed E-state index contributed by atoms with van der Waals surface area (Å²) in [5, 5.41) is 9.35. The van der Waals surface area contributed by atoms with Crippen molar-refractivity contribution in [2.75, 3.05) is 13.2 Å². The Bertz CT molecular complexity index is 697. The first-order valence-corrected chi connectivity index (χ1v) is 7.54. The molecule has 1 aliphatic heterocycles. The molecule has 1 N–H and O–H groups in total. The van der Waals surface area contributed by atoms with Gasteiger partial charge in [0.15, 0.2) is 0 Å². The number of rotatable bonds is 4. The van der Waals surface area contributed by atoms with Crippen molar-refractivity contribution in [1.82, 2.24) is 9.55 Å². The van der Waals surface area contributed by atoms with Gasteiger partial charge in [-0.3, -0.25) is 0 Å². The molecule has 110 valence electrons. The van der Waals surface area contributed by atoms with Crippen molar-refractivity contribution >= 4 is 17.0 Å². The van der Waals surface area contributed by atoms with Crippen LogP contribution >= 0.6 is 0 Å². The minimum absolute atomic E-state index is 0.302. The van der Waals surface area contributed by atoms with Gasteiger partial charge in [-0.25, -0.2) is 9.78 Å². The second-order valence-electron chi connectivity index (χ2n) is 6.06. The standard InChI is InChI=1S/C16H18N2O3/c19-16(20)12-2-1-3-13-14(12)17-15(11-4-5-11)18(13)8-10-6-7-21-9-10/h1-3,10-11H,4-9H2,(H,19,20). The number of ether oxygens (including phenoxy) is 1. The van der Waals surface area contributed by atoms with Crippen LogP contribution in [0.15, 0.2) is 18.2 Å². The number of hydrogen-bond acceptors (Lipinski definition) is 3. The van der Waals surface area contributed by atoms with Crippen molar-refractivity contribution in [3.8, 4) is 0 Å². The van der Waals surface area contributed by atoms with Crippen molar-refractivity contribution in [2.24, 2.45) is 5.92 Å². The van der Waals surface area contributed by atoms with Crippen LogP contribution in [0.2, 0.25) is 0 Å². The van der Waals surface area contributed by atoms with Crippen molar-refractivity contribution in [3.05, 3.63) is 29.6 Å². The first-order valence-electron chi connectivity index (χ1n) is 7.54. The first-order chi connectivity index (χ1) is 10.2. The Morgan fingerprint density at radius 2 is 2.24 bits per heavy atom. The Kier molecular flexibility index (Phi) is 2.96. The Morgan fingerprint density at radius 3 is 2.90 bits per heavy atom. The van der Waals surface area contributed by atoms with Crippen LogP contribution in [0.5, 0.6) is 0 Å². The van der Waals surface area contributed by atoms with Crippen molar-refractivity contribution < 1.29 is 14.6 Å². The fourth-order valence-corrected chi connectivity index (χ4v) is 3.17. The van der Waals surface area contributed by atoms with Crippen LogP contribution in [0.3, 0.4) is 0 Å². The number of benzene rings is 1. The van der Waals surface area contributed by atoms with Crippen LogP contribution in [0.1, 0.15) is 41.4 Å². The van der Waals surface area contributed by atoms with Crippen LogP contribution in [0, 0.1) is 5.92 Å². The van der Waals surface area contributed by atoms with Gasteiger partial charge in [-0.15, -0.1) is 0 Å². The van der Waals surface area contributed by atoms with Crippen LogP contribution < -0.4 is 0 Å². The molecule has 0 spiro atoms. The number of carboxylic acids is 1. The predicted molar refractivity (Wildman–Crippen MR) is 77.6 cm³/mol. The van der Waals surface area contributed by atoms with E-state index in [1.807, 2.05) is 12.1 Å². The van der Waals surface area contributed by atoms with Crippen molar-refractivity contribution in [2.45, 2.75) is 31.7 Å². The first kappa shape index (κ1) is 12.8. The van der Waals surface area contributed by atoms with Crippen molar-refractivity contribution in [1.29, 1.82) is 0 Å².